The minimum absolute atomic E-state index is 0.248. The number of aromatic hydroxyl groups is 1. The van der Waals surface area contributed by atoms with Crippen molar-refractivity contribution in [2.45, 2.75) is 18.2 Å². The van der Waals surface area contributed by atoms with Crippen molar-refractivity contribution in [3.05, 3.63) is 60.7 Å². The Morgan fingerprint density at radius 3 is 2.45 bits per heavy atom. The van der Waals surface area contributed by atoms with Crippen LogP contribution in [0.2, 0.25) is 0 Å². The van der Waals surface area contributed by atoms with Gasteiger partial charge in [-0.25, -0.2) is 4.98 Å². The van der Waals surface area contributed by atoms with Crippen LogP contribution in [-0.2, 0) is 0 Å². The summed E-state index contributed by atoms with van der Waals surface area (Å²) in [6.07, 6.45) is 1.07. The molecule has 0 aliphatic carbocycles. The van der Waals surface area contributed by atoms with Crippen molar-refractivity contribution < 1.29 is 5.11 Å². The van der Waals surface area contributed by atoms with Crippen LogP contribution in [0.3, 0.4) is 0 Å². The highest BCUT2D eigenvalue weighted by Crippen LogP contribution is 2.33. The lowest BCUT2D eigenvalue weighted by Crippen LogP contribution is -2.44. The van der Waals surface area contributed by atoms with E-state index < -0.39 is 0 Å². The Morgan fingerprint density at radius 1 is 0.970 bits per heavy atom. The molecule has 5 nitrogen and oxygen atoms in total. The topological polar surface area (TPSA) is 51.6 Å². The number of anilines is 1. The number of thioether (sulfide) groups is 1. The fraction of sp³-hybridized carbons (Fsp3) is 0.370. The van der Waals surface area contributed by atoms with Crippen molar-refractivity contribution in [1.82, 2.24) is 14.8 Å². The monoisotopic (exact) mass is 462 g/mol. The van der Waals surface area contributed by atoms with Crippen molar-refractivity contribution in [2.24, 2.45) is 0 Å². The summed E-state index contributed by atoms with van der Waals surface area (Å²) in [5.41, 5.74) is 3.77. The zero-order valence-electron chi connectivity index (χ0n) is 19.6. The van der Waals surface area contributed by atoms with E-state index in [-0.39, 0.29) is 5.75 Å². The van der Waals surface area contributed by atoms with Crippen LogP contribution in [0.15, 0.2) is 65.6 Å². The molecule has 0 saturated carbocycles. The number of hydrogen-bond acceptors (Lipinski definition) is 6. The number of nitrogens with one attached hydrogen (secondary N) is 1. The van der Waals surface area contributed by atoms with Gasteiger partial charge < -0.3 is 20.2 Å². The van der Waals surface area contributed by atoms with E-state index in [1.54, 1.807) is 6.07 Å². The van der Waals surface area contributed by atoms with Gasteiger partial charge >= 0.3 is 0 Å². The van der Waals surface area contributed by atoms with Gasteiger partial charge in [-0.3, -0.25) is 0 Å². The van der Waals surface area contributed by atoms with Gasteiger partial charge in [0.25, 0.3) is 0 Å². The SMILES string of the molecule is CCSc1ccc(-c2cc(NCCCN3CCN(C)CC3)nc(-c3ccccc3O)c2)cc1. The molecule has 0 bridgehead atoms. The molecule has 1 aromatic heterocycles. The van der Waals surface area contributed by atoms with Gasteiger partial charge in [-0.15, -0.1) is 11.8 Å². The molecule has 3 aromatic rings. The summed E-state index contributed by atoms with van der Waals surface area (Å²) >= 11 is 1.85. The fourth-order valence-corrected chi connectivity index (χ4v) is 4.78. The molecule has 1 aliphatic rings. The summed E-state index contributed by atoms with van der Waals surface area (Å²) < 4.78 is 0. The van der Waals surface area contributed by atoms with Gasteiger partial charge in [0, 0.05) is 43.2 Å². The van der Waals surface area contributed by atoms with E-state index in [4.69, 9.17) is 4.98 Å². The Morgan fingerprint density at radius 2 is 1.73 bits per heavy atom. The first-order chi connectivity index (χ1) is 16.1. The van der Waals surface area contributed by atoms with Gasteiger partial charge in [-0.2, -0.15) is 0 Å². The Kier molecular flexibility index (Phi) is 8.26. The second-order valence-corrected chi connectivity index (χ2v) is 9.86. The van der Waals surface area contributed by atoms with Crippen LogP contribution in [0.25, 0.3) is 22.4 Å². The standard InChI is InChI=1S/C27H34N4OS/c1-3-33-23-11-9-21(10-12-23)22-19-25(24-7-4-5-8-26(24)32)29-27(20-22)28-13-6-14-31-17-15-30(2)16-18-31/h4-5,7-12,19-20,32H,3,6,13-18H2,1-2H3,(H,28,29). The molecule has 33 heavy (non-hydrogen) atoms. The first-order valence-electron chi connectivity index (χ1n) is 11.8. The molecule has 2 heterocycles. The Bertz CT molecular complexity index is 1030. The number of nitrogens with zero attached hydrogens (tertiary/aromatic N) is 3. The predicted molar refractivity (Wildman–Crippen MR) is 140 cm³/mol. The predicted octanol–water partition coefficient (Wildman–Crippen LogP) is 5.28. The van der Waals surface area contributed by atoms with Crippen molar-refractivity contribution >= 4 is 17.6 Å². The van der Waals surface area contributed by atoms with Crippen molar-refractivity contribution in [1.29, 1.82) is 0 Å². The van der Waals surface area contributed by atoms with E-state index in [1.165, 1.54) is 4.90 Å². The molecule has 2 N–H and O–H groups in total. The molecule has 174 valence electrons. The Balaban J connectivity index is 1.51. The van der Waals surface area contributed by atoms with E-state index in [2.05, 4.69) is 65.5 Å². The second-order valence-electron chi connectivity index (χ2n) is 8.53. The van der Waals surface area contributed by atoms with Gasteiger partial charge in [-0.05, 0) is 73.3 Å². The molecule has 0 unspecified atom stereocenters. The van der Waals surface area contributed by atoms with Crippen LogP contribution in [0, 0.1) is 0 Å². The number of benzene rings is 2. The number of phenols is 1. The number of likely N-dealkylation sites (N-methyl/N-ethyl adjacent to an activating group) is 1. The maximum atomic E-state index is 10.4. The lowest BCUT2D eigenvalue weighted by atomic mass is 10.0. The first kappa shape index (κ1) is 23.6. The van der Waals surface area contributed by atoms with E-state index in [1.807, 2.05) is 30.0 Å². The van der Waals surface area contributed by atoms with Crippen molar-refractivity contribution in [3.63, 3.8) is 0 Å². The molecule has 1 saturated heterocycles. The smallest absolute Gasteiger partial charge is 0.127 e. The third kappa shape index (κ3) is 6.50. The lowest BCUT2D eigenvalue weighted by molar-refractivity contribution is 0.154. The largest absolute Gasteiger partial charge is 0.507 e. The van der Waals surface area contributed by atoms with Gasteiger partial charge in [0.15, 0.2) is 0 Å². The normalized spacial score (nSPS) is 15.0. The van der Waals surface area contributed by atoms with Gasteiger partial charge in [0.1, 0.15) is 11.6 Å². The van der Waals surface area contributed by atoms with Crippen LogP contribution < -0.4 is 5.32 Å². The molecule has 0 amide bonds. The average molecular weight is 463 g/mol. The summed E-state index contributed by atoms with van der Waals surface area (Å²) in [5, 5.41) is 13.9. The van der Waals surface area contributed by atoms with E-state index in [0.29, 0.717) is 0 Å². The number of rotatable bonds is 9. The maximum Gasteiger partial charge on any atom is 0.127 e. The number of aromatic nitrogens is 1. The van der Waals surface area contributed by atoms with Crippen LogP contribution in [0.1, 0.15) is 13.3 Å². The molecule has 0 radical (unpaired) electrons. The fourth-order valence-electron chi connectivity index (χ4n) is 4.12. The third-order valence-electron chi connectivity index (χ3n) is 6.06. The van der Waals surface area contributed by atoms with Crippen LogP contribution >= 0.6 is 11.8 Å². The third-order valence-corrected chi connectivity index (χ3v) is 6.95. The van der Waals surface area contributed by atoms with Gasteiger partial charge in [-0.1, -0.05) is 31.2 Å². The number of piperazine rings is 1. The quantitative estimate of drug-likeness (QED) is 0.333. The molecular formula is C27H34N4OS. The zero-order chi connectivity index (χ0) is 23.0. The molecule has 1 aliphatic heterocycles. The molecule has 0 atom stereocenters. The minimum Gasteiger partial charge on any atom is -0.507 e. The summed E-state index contributed by atoms with van der Waals surface area (Å²) in [5.74, 6) is 2.16. The van der Waals surface area contributed by atoms with E-state index in [9.17, 15) is 5.11 Å². The molecule has 6 heteroatoms. The Hall–Kier alpha value is -2.54. The maximum absolute atomic E-state index is 10.4. The van der Waals surface area contributed by atoms with Crippen molar-refractivity contribution in [3.8, 4) is 28.1 Å². The zero-order valence-corrected chi connectivity index (χ0v) is 20.4. The Labute approximate surface area is 201 Å². The van der Waals surface area contributed by atoms with Crippen molar-refractivity contribution in [2.75, 3.05) is 57.4 Å². The summed E-state index contributed by atoms with van der Waals surface area (Å²) in [4.78, 5) is 11.0. The highest BCUT2D eigenvalue weighted by molar-refractivity contribution is 7.99. The van der Waals surface area contributed by atoms with E-state index >= 15 is 0 Å². The van der Waals surface area contributed by atoms with Crippen LogP contribution in [-0.4, -0.2) is 72.0 Å². The molecular weight excluding hydrogens is 428 g/mol. The first-order valence-corrected chi connectivity index (χ1v) is 12.8. The van der Waals surface area contributed by atoms with Crippen LogP contribution in [0.5, 0.6) is 5.75 Å². The highest BCUT2D eigenvalue weighted by Gasteiger charge is 2.13. The van der Waals surface area contributed by atoms with Gasteiger partial charge in [0.05, 0.1) is 5.69 Å². The summed E-state index contributed by atoms with van der Waals surface area (Å²) in [7, 11) is 2.19. The van der Waals surface area contributed by atoms with E-state index in [0.717, 1.165) is 79.6 Å². The number of hydrogen-bond donors (Lipinski definition) is 2. The molecule has 2 aromatic carbocycles. The molecule has 4 rings (SSSR count). The molecule has 0 spiro atoms. The summed E-state index contributed by atoms with van der Waals surface area (Å²) in [6.45, 7) is 8.73. The number of para-hydroxylation sites is 1. The second kappa shape index (κ2) is 11.5. The average Bonchev–Trinajstić information content (AvgIpc) is 2.84. The lowest BCUT2D eigenvalue weighted by Gasteiger charge is -2.32. The summed E-state index contributed by atoms with van der Waals surface area (Å²) in [6, 6.07) is 20.3. The van der Waals surface area contributed by atoms with Crippen LogP contribution in [0.4, 0.5) is 5.82 Å². The van der Waals surface area contributed by atoms with Gasteiger partial charge in [0.2, 0.25) is 0 Å². The highest BCUT2D eigenvalue weighted by atomic mass is 32.2. The molecule has 1 fully saturated rings. The number of pyridine rings is 1. The number of phenolic OH excluding ortho intramolecular Hbond substituents is 1. The minimum atomic E-state index is 0.248.